The molecule has 1 unspecified atom stereocenters. The van der Waals surface area contributed by atoms with Crippen molar-refractivity contribution in [2.75, 3.05) is 18.4 Å². The maximum atomic E-state index is 13.0. The SMILES string of the molecule is O=C(CCCCCN1C(=O)C=CC1=O)NCCC(=O)Nc1cc(COC(=O)NC2CCCCCCC2)ccc1OC1O[C@@H](C(=O)O)[C@H](O)[C@@H](O)[C@@H]1O. The van der Waals surface area contributed by atoms with E-state index in [1.807, 2.05) is 0 Å². The number of amides is 5. The van der Waals surface area contributed by atoms with Gasteiger partial charge in [-0.05, 0) is 43.4 Å². The van der Waals surface area contributed by atoms with Gasteiger partial charge in [-0.25, -0.2) is 9.59 Å². The van der Waals surface area contributed by atoms with Crippen LogP contribution in [0.1, 0.15) is 82.6 Å². The lowest BCUT2D eigenvalue weighted by Gasteiger charge is -2.38. The molecule has 0 aromatic heterocycles. The van der Waals surface area contributed by atoms with Crippen molar-refractivity contribution in [2.24, 2.45) is 0 Å². The minimum absolute atomic E-state index is 0.0116. The molecule has 2 fully saturated rings. The van der Waals surface area contributed by atoms with Crippen molar-refractivity contribution >= 4 is 41.4 Å². The average Bonchev–Trinajstić information content (AvgIpc) is 3.41. The molecule has 17 heteroatoms. The van der Waals surface area contributed by atoms with Crippen molar-refractivity contribution in [1.82, 2.24) is 15.5 Å². The summed E-state index contributed by atoms with van der Waals surface area (Å²) in [5, 5.41) is 48.3. The summed E-state index contributed by atoms with van der Waals surface area (Å²) in [6.45, 7) is 0.0871. The normalized spacial score (nSPS) is 23.8. The van der Waals surface area contributed by atoms with Gasteiger partial charge in [0.2, 0.25) is 18.1 Å². The highest BCUT2D eigenvalue weighted by atomic mass is 16.7. The number of hydrogen-bond acceptors (Lipinski definition) is 12. The minimum Gasteiger partial charge on any atom is -0.479 e. The van der Waals surface area contributed by atoms with Gasteiger partial charge in [-0.1, -0.05) is 44.6 Å². The summed E-state index contributed by atoms with van der Waals surface area (Å²) in [4.78, 5) is 73.8. The molecule has 4 rings (SSSR count). The van der Waals surface area contributed by atoms with Crippen molar-refractivity contribution in [1.29, 1.82) is 0 Å². The predicted molar refractivity (Wildman–Crippen MR) is 181 cm³/mol. The molecule has 52 heavy (non-hydrogen) atoms. The molecule has 3 aliphatic rings. The van der Waals surface area contributed by atoms with E-state index in [1.54, 1.807) is 0 Å². The second-order valence-corrected chi connectivity index (χ2v) is 13.1. The Hall–Kier alpha value is -4.58. The second-order valence-electron chi connectivity index (χ2n) is 13.1. The van der Waals surface area contributed by atoms with Crippen molar-refractivity contribution in [3.05, 3.63) is 35.9 Å². The number of alkyl carbamates (subject to hydrolysis) is 1. The van der Waals surface area contributed by atoms with Crippen molar-refractivity contribution in [3.8, 4) is 5.75 Å². The van der Waals surface area contributed by atoms with Crippen LogP contribution in [-0.4, -0.2) is 111 Å². The quantitative estimate of drug-likeness (QED) is 0.0934. The van der Waals surface area contributed by atoms with E-state index in [0.29, 0.717) is 24.8 Å². The third-order valence-corrected chi connectivity index (χ3v) is 9.03. The molecule has 1 saturated heterocycles. The molecule has 7 N–H and O–H groups in total. The molecular formula is C35H48N4O13. The molecular weight excluding hydrogens is 684 g/mol. The number of carboxylic acids is 1. The maximum absolute atomic E-state index is 13.0. The van der Waals surface area contributed by atoms with Gasteiger partial charge in [-0.15, -0.1) is 0 Å². The Morgan fingerprint density at radius 3 is 2.23 bits per heavy atom. The highest BCUT2D eigenvalue weighted by Gasteiger charge is 2.48. The van der Waals surface area contributed by atoms with Gasteiger partial charge in [-0.2, -0.15) is 0 Å². The van der Waals surface area contributed by atoms with E-state index in [1.165, 1.54) is 36.8 Å². The van der Waals surface area contributed by atoms with Gasteiger partial charge >= 0.3 is 12.1 Å². The zero-order valence-electron chi connectivity index (χ0n) is 28.9. The van der Waals surface area contributed by atoms with Crippen molar-refractivity contribution in [2.45, 2.75) is 120 Å². The van der Waals surface area contributed by atoms with E-state index in [4.69, 9.17) is 14.2 Å². The van der Waals surface area contributed by atoms with Crippen LogP contribution in [0.5, 0.6) is 5.75 Å². The number of carbonyl (C=O) groups is 6. The van der Waals surface area contributed by atoms with Crippen LogP contribution in [0.2, 0.25) is 0 Å². The standard InChI is InChI=1S/C35H48N4O13/c40-25(11-7-4-8-18-39-27(42)14-15-28(39)43)36-17-16-26(41)38-23-19-21(20-50-35(49)37-22-9-5-2-1-3-6-10-22)12-13-24(23)51-34-31(46)29(44)30(45)32(52-34)33(47)48/h12-15,19,22,29-32,34,44-46H,1-11,16-18,20H2,(H,36,40)(H,37,49)(H,38,41)(H,47,48)/t29-,30-,31+,32-,34?/m1/s1. The Balaban J connectivity index is 1.31. The van der Waals surface area contributed by atoms with Gasteiger partial charge in [0.15, 0.2) is 6.10 Å². The molecule has 2 heterocycles. The summed E-state index contributed by atoms with van der Waals surface area (Å²) < 4.78 is 16.4. The number of aliphatic carboxylic acids is 1. The first-order valence-electron chi connectivity index (χ1n) is 17.7. The molecule has 286 valence electrons. The van der Waals surface area contributed by atoms with Gasteiger partial charge < -0.3 is 50.6 Å². The monoisotopic (exact) mass is 732 g/mol. The summed E-state index contributed by atoms with van der Waals surface area (Å²) in [5.41, 5.74) is 0.480. The maximum Gasteiger partial charge on any atom is 0.407 e. The first-order valence-corrected chi connectivity index (χ1v) is 17.7. The Labute approximate surface area is 300 Å². The highest BCUT2D eigenvalue weighted by molar-refractivity contribution is 6.12. The Bertz CT molecular complexity index is 1440. The number of hydrogen-bond donors (Lipinski definition) is 7. The summed E-state index contributed by atoms with van der Waals surface area (Å²) in [6.07, 6.45) is 1.38. The van der Waals surface area contributed by atoms with Gasteiger partial charge in [0.25, 0.3) is 11.8 Å². The number of carboxylic acid groups (broad SMARTS) is 1. The molecule has 2 aliphatic heterocycles. The summed E-state index contributed by atoms with van der Waals surface area (Å²) >= 11 is 0. The number of rotatable bonds is 16. The van der Waals surface area contributed by atoms with E-state index in [0.717, 1.165) is 43.4 Å². The Morgan fingerprint density at radius 2 is 1.54 bits per heavy atom. The molecule has 1 saturated carbocycles. The zero-order valence-corrected chi connectivity index (χ0v) is 28.9. The second kappa shape index (κ2) is 19.9. The number of benzene rings is 1. The summed E-state index contributed by atoms with van der Waals surface area (Å²) in [7, 11) is 0. The first-order chi connectivity index (χ1) is 24.9. The molecule has 0 spiro atoms. The van der Waals surface area contributed by atoms with Gasteiger partial charge in [0, 0.05) is 44.1 Å². The van der Waals surface area contributed by atoms with E-state index < -0.39 is 48.7 Å². The average molecular weight is 733 g/mol. The zero-order chi connectivity index (χ0) is 37.6. The van der Waals surface area contributed by atoms with Crippen LogP contribution in [0, 0.1) is 0 Å². The van der Waals surface area contributed by atoms with Crippen molar-refractivity contribution < 1.29 is 63.4 Å². The van der Waals surface area contributed by atoms with E-state index in [2.05, 4.69) is 16.0 Å². The number of imide groups is 1. The molecule has 0 radical (unpaired) electrons. The molecule has 5 amide bonds. The molecule has 1 aromatic carbocycles. The number of unbranched alkanes of at least 4 members (excludes halogenated alkanes) is 2. The lowest BCUT2D eigenvalue weighted by Crippen LogP contribution is -2.61. The first kappa shape index (κ1) is 40.2. The van der Waals surface area contributed by atoms with Crippen molar-refractivity contribution in [3.63, 3.8) is 0 Å². The third kappa shape index (κ3) is 12.0. The lowest BCUT2D eigenvalue weighted by atomic mass is 9.97. The van der Waals surface area contributed by atoms with Crippen LogP contribution >= 0.6 is 0 Å². The number of aliphatic hydroxyl groups is 3. The topological polar surface area (TPSA) is 250 Å². The van der Waals surface area contributed by atoms with Crippen LogP contribution < -0.4 is 20.7 Å². The van der Waals surface area contributed by atoms with E-state index >= 15 is 0 Å². The molecule has 1 aromatic rings. The fourth-order valence-electron chi connectivity index (χ4n) is 6.10. The minimum atomic E-state index is -1.93. The fourth-order valence-corrected chi connectivity index (χ4v) is 6.10. The van der Waals surface area contributed by atoms with Crippen LogP contribution in [0.3, 0.4) is 0 Å². The van der Waals surface area contributed by atoms with Crippen LogP contribution in [0.4, 0.5) is 10.5 Å². The smallest absolute Gasteiger partial charge is 0.407 e. The highest BCUT2D eigenvalue weighted by Crippen LogP contribution is 2.31. The number of ether oxygens (including phenoxy) is 3. The molecule has 1 aliphatic carbocycles. The molecule has 5 atom stereocenters. The number of anilines is 1. The van der Waals surface area contributed by atoms with Crippen LogP contribution in [-0.2, 0) is 40.1 Å². The Morgan fingerprint density at radius 1 is 0.846 bits per heavy atom. The van der Waals surface area contributed by atoms with E-state index in [9.17, 15) is 49.2 Å². The lowest BCUT2D eigenvalue weighted by molar-refractivity contribution is -0.271. The largest absolute Gasteiger partial charge is 0.479 e. The van der Waals surface area contributed by atoms with Gasteiger partial charge in [-0.3, -0.25) is 24.1 Å². The number of nitrogens with one attached hydrogen (secondary N) is 3. The fraction of sp³-hybridized carbons (Fsp3) is 0.600. The number of carbonyl (C=O) groups excluding carboxylic acids is 5. The molecule has 0 bridgehead atoms. The summed E-state index contributed by atoms with van der Waals surface area (Å²) in [5.74, 6) is -3.24. The Kier molecular flexibility index (Phi) is 15.4. The van der Waals surface area contributed by atoms with E-state index in [-0.39, 0.29) is 67.7 Å². The number of nitrogens with zero attached hydrogens (tertiary/aromatic N) is 1. The number of aliphatic hydroxyl groups excluding tert-OH is 3. The summed E-state index contributed by atoms with van der Waals surface area (Å²) in [6, 6.07) is 4.35. The van der Waals surface area contributed by atoms with Crippen LogP contribution in [0.25, 0.3) is 0 Å². The third-order valence-electron chi connectivity index (χ3n) is 9.03. The molecule has 17 nitrogen and oxygen atoms in total. The van der Waals surface area contributed by atoms with Crippen LogP contribution in [0.15, 0.2) is 30.4 Å². The van der Waals surface area contributed by atoms with Gasteiger partial charge in [0.1, 0.15) is 30.7 Å². The van der Waals surface area contributed by atoms with Gasteiger partial charge in [0.05, 0.1) is 5.69 Å². The predicted octanol–water partition coefficient (Wildman–Crippen LogP) is 1.23.